The molecule has 0 aliphatic heterocycles. The Morgan fingerprint density at radius 3 is 0.851 bits per heavy atom. The van der Waals surface area contributed by atoms with Crippen LogP contribution >= 0.6 is 0 Å². The average Bonchev–Trinajstić information content (AvgIpc) is 0.775. The summed E-state index contributed by atoms with van der Waals surface area (Å²) in [6.45, 7) is 16.8. The number of hydrogen-bond donors (Lipinski definition) is 0. The van der Waals surface area contributed by atoms with Gasteiger partial charge in [-0.2, -0.15) is 4.57 Å². The van der Waals surface area contributed by atoms with Crippen molar-refractivity contribution in [3.05, 3.63) is 395 Å². The molecule has 12 aromatic carbocycles. The summed E-state index contributed by atoms with van der Waals surface area (Å²) >= 11 is 0. The molecule has 0 aliphatic carbocycles. The van der Waals surface area contributed by atoms with Crippen LogP contribution in [-0.2, 0) is 42.3 Å². The second-order valence-corrected chi connectivity index (χ2v) is 30.5. The lowest BCUT2D eigenvalue weighted by molar-refractivity contribution is -0.659. The zero-order valence-electron chi connectivity index (χ0n) is 74.9. The van der Waals surface area contributed by atoms with Crippen LogP contribution in [0.4, 0.5) is 0 Å². The first-order valence-electron chi connectivity index (χ1n) is 42.2. The third-order valence-corrected chi connectivity index (χ3v) is 22.0. The average molecular weight is 1500 g/mol. The molecule has 564 valence electrons. The van der Waals surface area contributed by atoms with Gasteiger partial charge in [-0.3, -0.25) is 0 Å². The van der Waals surface area contributed by atoms with E-state index in [1.807, 2.05) is 65.2 Å². The fraction of sp³-hybridized carbons (Fsp3) is 0.167. The number of fused-ring (bicyclic) bond motifs is 6. The standard InChI is InChI=1S/2C19H20N.2C18H18N.2C17H16N/c2*1-13-9-14(2)15(3)18(10-13)19-11-16-7-5-6-8-17(16)12-20(19)4;2*1-13-8-9-17(14(2)10-13)18-11-15-6-4-5-7-16(15)12-19(18)3;1-13-7-3-6-10-16(13)17-11-14-8-4-5-9-15(14)12-18(17)2;1-13-7-3-5-9-15(13)17-12-11-14-8-4-6-10-16(14)18(17)2/h2*5-12H,1-4H3;2*4-12H,1-3H3;2*3-12H,1-2H3/q6*+1/i2D3;;1D3;;;. The van der Waals surface area contributed by atoms with Crippen molar-refractivity contribution >= 4 is 64.8 Å². The van der Waals surface area contributed by atoms with E-state index in [9.17, 15) is 0 Å². The molecular formula is C108H108N6+6. The number of hydrogen-bond acceptors (Lipinski definition) is 0. The van der Waals surface area contributed by atoms with Crippen molar-refractivity contribution in [2.75, 3.05) is 0 Å². The summed E-state index contributed by atoms with van der Waals surface area (Å²) in [6, 6.07) is 103. The Hall–Kier alpha value is -12.9. The molecule has 114 heavy (non-hydrogen) atoms. The van der Waals surface area contributed by atoms with E-state index in [4.69, 9.17) is 8.22 Å². The van der Waals surface area contributed by atoms with E-state index in [0.717, 1.165) is 44.6 Å². The minimum atomic E-state index is -2.10. The van der Waals surface area contributed by atoms with Crippen molar-refractivity contribution in [3.63, 3.8) is 0 Å². The van der Waals surface area contributed by atoms with Crippen LogP contribution in [-0.4, -0.2) is 0 Å². The van der Waals surface area contributed by atoms with Gasteiger partial charge in [-0.05, 0) is 233 Å². The van der Waals surface area contributed by atoms with Gasteiger partial charge in [0.05, 0.1) is 0 Å². The molecule has 18 aromatic rings. The Bertz CT molecular complexity index is 6810. The van der Waals surface area contributed by atoms with Crippen molar-refractivity contribution in [1.82, 2.24) is 0 Å². The molecule has 18 rings (SSSR count). The molecule has 0 saturated carbocycles. The number of nitrogens with zero attached hydrogens (tertiary/aromatic N) is 6. The summed E-state index contributed by atoms with van der Waals surface area (Å²) < 4.78 is 59.0. The molecule has 0 aliphatic rings. The first-order valence-corrected chi connectivity index (χ1v) is 39.2. The van der Waals surface area contributed by atoms with Crippen molar-refractivity contribution < 1.29 is 35.6 Å². The zero-order chi connectivity index (χ0) is 85.4. The lowest BCUT2D eigenvalue weighted by Crippen LogP contribution is -2.32. The van der Waals surface area contributed by atoms with Crippen LogP contribution in [0.15, 0.2) is 328 Å². The lowest BCUT2D eigenvalue weighted by Gasteiger charge is -2.10. The van der Waals surface area contributed by atoms with Gasteiger partial charge in [-0.1, -0.05) is 198 Å². The van der Waals surface area contributed by atoms with E-state index < -0.39 is 13.7 Å². The van der Waals surface area contributed by atoms with Gasteiger partial charge >= 0.3 is 0 Å². The van der Waals surface area contributed by atoms with Crippen LogP contribution in [0, 0.1) is 82.9 Å². The van der Waals surface area contributed by atoms with Gasteiger partial charge < -0.3 is 0 Å². The molecule has 0 bridgehead atoms. The fourth-order valence-corrected chi connectivity index (χ4v) is 15.6. The monoisotopic (exact) mass is 1490 g/mol. The van der Waals surface area contributed by atoms with E-state index in [1.54, 1.807) is 18.2 Å². The number of rotatable bonds is 6. The van der Waals surface area contributed by atoms with Crippen LogP contribution in [0.5, 0.6) is 0 Å². The Labute approximate surface area is 684 Å². The second kappa shape index (κ2) is 35.2. The highest BCUT2D eigenvalue weighted by atomic mass is 15.0. The van der Waals surface area contributed by atoms with Gasteiger partial charge in [0.1, 0.15) is 42.3 Å². The maximum absolute atomic E-state index is 7.78. The third kappa shape index (κ3) is 18.0. The summed E-state index contributed by atoms with van der Waals surface area (Å²) in [7, 11) is 12.5. The maximum atomic E-state index is 7.78. The molecule has 0 N–H and O–H groups in total. The van der Waals surface area contributed by atoms with Crippen LogP contribution < -0.4 is 27.4 Å². The van der Waals surface area contributed by atoms with Gasteiger partial charge in [0.15, 0.2) is 31.0 Å². The summed E-state index contributed by atoms with van der Waals surface area (Å²) in [4.78, 5) is 0. The molecule has 6 nitrogen and oxygen atoms in total. The smallest absolute Gasteiger partial charge is 0.200 e. The lowest BCUT2D eigenvalue weighted by atomic mass is 9.96. The van der Waals surface area contributed by atoms with Crippen molar-refractivity contribution in [2.45, 2.75) is 82.9 Å². The molecule has 0 amide bonds. The van der Waals surface area contributed by atoms with Crippen LogP contribution in [0.25, 0.3) is 132 Å². The van der Waals surface area contributed by atoms with E-state index >= 15 is 0 Å². The van der Waals surface area contributed by atoms with E-state index in [1.165, 1.54) is 143 Å². The number of aromatic nitrogens is 6. The predicted molar refractivity (Wildman–Crippen MR) is 480 cm³/mol. The molecule has 0 atom stereocenters. The van der Waals surface area contributed by atoms with Gasteiger partial charge in [-0.15, -0.1) is 0 Å². The highest BCUT2D eigenvalue weighted by Crippen LogP contribution is 2.32. The number of para-hydroxylation sites is 1. The minimum Gasteiger partial charge on any atom is -0.200 e. The number of pyridine rings is 6. The quantitative estimate of drug-likeness (QED) is 0.148. The Morgan fingerprint density at radius 1 is 0.193 bits per heavy atom. The van der Waals surface area contributed by atoms with Gasteiger partial charge in [0.2, 0.25) is 39.7 Å². The second-order valence-electron chi connectivity index (χ2n) is 30.5. The molecule has 0 fully saturated rings. The molecule has 0 saturated heterocycles. The Morgan fingerprint density at radius 2 is 0.482 bits per heavy atom. The first kappa shape index (κ1) is 71.4. The normalized spacial score (nSPS) is 11.9. The summed E-state index contributed by atoms with van der Waals surface area (Å²) in [6.07, 6.45) is 10.8. The van der Waals surface area contributed by atoms with Gasteiger partial charge in [0.25, 0.3) is 0 Å². The van der Waals surface area contributed by atoms with Crippen LogP contribution in [0.3, 0.4) is 0 Å². The minimum absolute atomic E-state index is 0.386. The van der Waals surface area contributed by atoms with E-state index in [-0.39, 0.29) is 0 Å². The molecule has 0 radical (unpaired) electrons. The van der Waals surface area contributed by atoms with Crippen LogP contribution in [0.1, 0.15) is 75.0 Å². The Kier molecular flexibility index (Phi) is 22.1. The number of benzene rings is 12. The van der Waals surface area contributed by atoms with Crippen molar-refractivity contribution in [3.8, 4) is 67.5 Å². The summed E-state index contributed by atoms with van der Waals surface area (Å²) in [5, 5.41) is 13.6. The van der Waals surface area contributed by atoms with E-state index in [2.05, 4.69) is 384 Å². The summed E-state index contributed by atoms with van der Waals surface area (Å²) in [5.41, 5.74) is 28.5. The van der Waals surface area contributed by atoms with Crippen molar-refractivity contribution in [1.29, 1.82) is 0 Å². The zero-order valence-corrected chi connectivity index (χ0v) is 68.9. The predicted octanol–water partition coefficient (Wildman–Crippen LogP) is 23.7. The summed E-state index contributed by atoms with van der Waals surface area (Å²) in [5.74, 6) is 0. The van der Waals surface area contributed by atoms with Gasteiger partial charge in [0, 0.05) is 116 Å². The van der Waals surface area contributed by atoms with E-state index in [0.29, 0.717) is 11.1 Å². The largest absolute Gasteiger partial charge is 0.213 e. The SMILES string of the molecule is Cc1cc(C)c(C)c(-c2cc3ccccc3c[n+]2C)c1.Cc1ccc(-c2cc3ccccc3c[n+]2C)c(C)c1.Cc1ccccc1-c1cc2ccccc2c[n+]1C.Cc1ccccc1-c1ccc2ccccc2[n+]1C.[2H]C([2H])([2H])c1cc(C)cc(-c2cc3ccccc3c[n+]2C)c1C.[2H]C([2H])([2H])c1ccc(-c2cc3ccccc3c[n+]2C)c(C)c1. The fourth-order valence-electron chi connectivity index (χ4n) is 15.6. The number of aryl methyl sites for hydroxylation is 16. The molecule has 6 heterocycles. The molecular weight excluding hydrogens is 1380 g/mol. The van der Waals surface area contributed by atoms with Gasteiger partial charge in [-0.25, -0.2) is 22.8 Å². The molecule has 0 unspecified atom stereocenters. The van der Waals surface area contributed by atoms with Crippen molar-refractivity contribution in [2.24, 2.45) is 42.3 Å². The molecule has 6 aromatic heterocycles. The third-order valence-electron chi connectivity index (χ3n) is 22.0. The first-order chi connectivity index (χ1) is 57.4. The molecule has 6 heteroatoms. The highest BCUT2D eigenvalue weighted by Gasteiger charge is 2.21. The van der Waals surface area contributed by atoms with Crippen LogP contribution in [0.2, 0.25) is 0 Å². The molecule has 0 spiro atoms. The topological polar surface area (TPSA) is 23.3 Å². The Balaban J connectivity index is 0.000000125. The maximum Gasteiger partial charge on any atom is 0.213 e. The highest BCUT2D eigenvalue weighted by molar-refractivity contribution is 5.89.